The number of carbonyl (C=O) groups excluding carboxylic acids is 3. The van der Waals surface area contributed by atoms with Gasteiger partial charge in [0.05, 0.1) is 10.2 Å². The Labute approximate surface area is 123 Å². The molecule has 0 saturated carbocycles. The highest BCUT2D eigenvalue weighted by Crippen LogP contribution is 2.32. The van der Waals surface area contributed by atoms with Gasteiger partial charge >= 0.3 is 6.03 Å². The minimum atomic E-state index is -1.36. The molecule has 1 aromatic carbocycles. The van der Waals surface area contributed by atoms with Crippen LogP contribution in [0.2, 0.25) is 0 Å². The van der Waals surface area contributed by atoms with Crippen molar-refractivity contribution in [1.82, 2.24) is 5.32 Å². The van der Waals surface area contributed by atoms with E-state index in [0.717, 1.165) is 4.90 Å². The maximum atomic E-state index is 13.4. The Kier molecular flexibility index (Phi) is 3.41. The molecule has 0 radical (unpaired) electrons. The number of rotatable bonds is 1. The molecule has 7 heteroatoms. The van der Waals surface area contributed by atoms with Gasteiger partial charge in [-0.15, -0.1) is 0 Å². The van der Waals surface area contributed by atoms with Crippen molar-refractivity contribution in [2.75, 3.05) is 4.90 Å². The second-order valence-electron chi connectivity index (χ2n) is 5.08. The van der Waals surface area contributed by atoms with Crippen LogP contribution in [0.25, 0.3) is 0 Å². The summed E-state index contributed by atoms with van der Waals surface area (Å²) in [5, 5.41) is 2.13. The number of nitrogens with zero attached hydrogens (tertiary/aromatic N) is 1. The van der Waals surface area contributed by atoms with Crippen LogP contribution in [-0.4, -0.2) is 17.8 Å². The molecular formula is C13H12BrFN2O3. The quantitative estimate of drug-likeness (QED) is 0.797. The third-order valence-corrected chi connectivity index (χ3v) is 3.82. The van der Waals surface area contributed by atoms with Crippen LogP contribution in [-0.2, 0) is 9.59 Å². The van der Waals surface area contributed by atoms with Gasteiger partial charge in [0.2, 0.25) is 11.8 Å². The van der Waals surface area contributed by atoms with Gasteiger partial charge < -0.3 is 0 Å². The lowest BCUT2D eigenvalue weighted by molar-refractivity contribution is -0.140. The number of urea groups is 1. The molecule has 0 aromatic heterocycles. The molecule has 20 heavy (non-hydrogen) atoms. The van der Waals surface area contributed by atoms with Crippen LogP contribution in [0.4, 0.5) is 14.9 Å². The summed E-state index contributed by atoms with van der Waals surface area (Å²) in [5.41, 5.74) is -0.706. The van der Waals surface area contributed by atoms with Gasteiger partial charge in [0.15, 0.2) is 0 Å². The highest BCUT2D eigenvalue weighted by molar-refractivity contribution is 9.10. The Hall–Kier alpha value is -1.76. The molecule has 2 rings (SSSR count). The van der Waals surface area contributed by atoms with E-state index in [0.29, 0.717) is 5.56 Å². The SMILES string of the molecule is Cc1cc(F)c(Br)cc1N1C(=O)NC(=O)C(C)(C)C1=O. The van der Waals surface area contributed by atoms with E-state index < -0.39 is 29.1 Å². The lowest BCUT2D eigenvalue weighted by atomic mass is 9.88. The zero-order valence-corrected chi connectivity index (χ0v) is 12.7. The summed E-state index contributed by atoms with van der Waals surface area (Å²) in [6.45, 7) is 4.44. The van der Waals surface area contributed by atoms with Gasteiger partial charge in [0, 0.05) is 0 Å². The van der Waals surface area contributed by atoms with Crippen molar-refractivity contribution in [3.05, 3.63) is 28.0 Å². The summed E-state index contributed by atoms with van der Waals surface area (Å²) in [6.07, 6.45) is 0. The molecule has 1 aliphatic heterocycles. The van der Waals surface area contributed by atoms with Gasteiger partial charge in [-0.2, -0.15) is 0 Å². The van der Waals surface area contributed by atoms with Gasteiger partial charge in [0.1, 0.15) is 11.2 Å². The number of nitrogens with one attached hydrogen (secondary N) is 1. The molecule has 0 aliphatic carbocycles. The minimum absolute atomic E-state index is 0.133. The smallest absolute Gasteiger partial charge is 0.276 e. The van der Waals surface area contributed by atoms with E-state index in [1.165, 1.54) is 26.0 Å². The van der Waals surface area contributed by atoms with E-state index in [1.54, 1.807) is 6.92 Å². The van der Waals surface area contributed by atoms with Crippen LogP contribution in [0, 0.1) is 18.2 Å². The number of halogens is 2. The summed E-state index contributed by atoms with van der Waals surface area (Å²) >= 11 is 3.02. The van der Waals surface area contributed by atoms with E-state index in [4.69, 9.17) is 0 Å². The van der Waals surface area contributed by atoms with E-state index in [9.17, 15) is 18.8 Å². The topological polar surface area (TPSA) is 66.5 Å². The molecule has 1 aromatic rings. The van der Waals surface area contributed by atoms with Crippen molar-refractivity contribution in [2.45, 2.75) is 20.8 Å². The van der Waals surface area contributed by atoms with E-state index in [2.05, 4.69) is 21.2 Å². The second kappa shape index (κ2) is 4.66. The van der Waals surface area contributed by atoms with E-state index in [-0.39, 0.29) is 10.2 Å². The first-order valence-electron chi connectivity index (χ1n) is 5.82. The highest BCUT2D eigenvalue weighted by Gasteiger charge is 2.48. The largest absolute Gasteiger partial charge is 0.335 e. The van der Waals surface area contributed by atoms with Crippen LogP contribution in [0.15, 0.2) is 16.6 Å². The molecule has 1 fully saturated rings. The summed E-state index contributed by atoms with van der Waals surface area (Å²) in [6, 6.07) is 1.72. The number of barbiturate groups is 1. The molecule has 1 saturated heterocycles. The number of benzene rings is 1. The first-order chi connectivity index (χ1) is 9.16. The Balaban J connectivity index is 2.57. The maximum Gasteiger partial charge on any atom is 0.335 e. The van der Waals surface area contributed by atoms with Crippen LogP contribution in [0.3, 0.4) is 0 Å². The number of imide groups is 2. The summed E-state index contributed by atoms with van der Waals surface area (Å²) in [5.74, 6) is -1.79. The first kappa shape index (κ1) is 14.6. The van der Waals surface area contributed by atoms with Crippen LogP contribution < -0.4 is 10.2 Å². The molecule has 0 spiro atoms. The average Bonchev–Trinajstić information content (AvgIpc) is 2.33. The van der Waals surface area contributed by atoms with Crippen LogP contribution in [0.5, 0.6) is 0 Å². The normalized spacial score (nSPS) is 18.2. The molecular weight excluding hydrogens is 331 g/mol. The monoisotopic (exact) mass is 342 g/mol. The number of amides is 4. The van der Waals surface area contributed by atoms with Crippen molar-refractivity contribution < 1.29 is 18.8 Å². The number of carbonyl (C=O) groups is 3. The Morgan fingerprint density at radius 2 is 1.85 bits per heavy atom. The minimum Gasteiger partial charge on any atom is -0.276 e. The fourth-order valence-electron chi connectivity index (χ4n) is 1.87. The van der Waals surface area contributed by atoms with Crippen LogP contribution in [0.1, 0.15) is 19.4 Å². The summed E-state index contributed by atoms with van der Waals surface area (Å²) in [4.78, 5) is 36.8. The molecule has 1 aliphatic rings. The van der Waals surface area contributed by atoms with Gasteiger partial charge in [-0.1, -0.05) is 0 Å². The highest BCUT2D eigenvalue weighted by atomic mass is 79.9. The lowest BCUT2D eigenvalue weighted by Crippen LogP contribution is -2.62. The Morgan fingerprint density at radius 1 is 1.25 bits per heavy atom. The zero-order chi connectivity index (χ0) is 15.2. The van der Waals surface area contributed by atoms with Crippen molar-refractivity contribution in [3.8, 4) is 0 Å². The van der Waals surface area contributed by atoms with E-state index >= 15 is 0 Å². The van der Waals surface area contributed by atoms with Gasteiger partial charge in [-0.05, 0) is 54.4 Å². The van der Waals surface area contributed by atoms with Gasteiger partial charge in [-0.3, -0.25) is 14.9 Å². The molecule has 4 amide bonds. The predicted molar refractivity (Wildman–Crippen MR) is 73.6 cm³/mol. The third-order valence-electron chi connectivity index (χ3n) is 3.21. The number of aryl methyl sites for hydroxylation is 1. The molecule has 5 nitrogen and oxygen atoms in total. The van der Waals surface area contributed by atoms with E-state index in [1.807, 2.05) is 0 Å². The van der Waals surface area contributed by atoms with Crippen molar-refractivity contribution in [2.24, 2.45) is 5.41 Å². The fraction of sp³-hybridized carbons (Fsp3) is 0.308. The lowest BCUT2D eigenvalue weighted by Gasteiger charge is -2.35. The van der Waals surface area contributed by atoms with Crippen molar-refractivity contribution >= 4 is 39.5 Å². The van der Waals surface area contributed by atoms with Crippen molar-refractivity contribution in [3.63, 3.8) is 0 Å². The standard InChI is InChI=1S/C13H12BrFN2O3/c1-6-4-8(15)7(14)5-9(6)17-11(19)13(2,3)10(18)16-12(17)20/h4-5H,1-3H3,(H,16,18,20). The number of anilines is 1. The summed E-state index contributed by atoms with van der Waals surface area (Å²) < 4.78 is 13.6. The fourth-order valence-corrected chi connectivity index (χ4v) is 2.20. The molecule has 0 atom stereocenters. The molecule has 1 heterocycles. The molecule has 0 unspecified atom stereocenters. The molecule has 1 N–H and O–H groups in total. The van der Waals surface area contributed by atoms with Crippen LogP contribution >= 0.6 is 15.9 Å². The Bertz CT molecular complexity index is 643. The number of hydrogen-bond acceptors (Lipinski definition) is 3. The zero-order valence-electron chi connectivity index (χ0n) is 11.1. The molecule has 0 bridgehead atoms. The Morgan fingerprint density at radius 3 is 2.45 bits per heavy atom. The number of hydrogen-bond donors (Lipinski definition) is 1. The van der Waals surface area contributed by atoms with Gasteiger partial charge in [-0.25, -0.2) is 14.1 Å². The van der Waals surface area contributed by atoms with Gasteiger partial charge in [0.25, 0.3) is 0 Å². The van der Waals surface area contributed by atoms with Crippen molar-refractivity contribution in [1.29, 1.82) is 0 Å². The predicted octanol–water partition coefficient (Wildman–Crippen LogP) is 2.51. The average molecular weight is 343 g/mol. The maximum absolute atomic E-state index is 13.4. The third kappa shape index (κ3) is 2.11. The molecule has 106 valence electrons. The second-order valence-corrected chi connectivity index (χ2v) is 5.93. The summed E-state index contributed by atoms with van der Waals surface area (Å²) in [7, 11) is 0. The first-order valence-corrected chi connectivity index (χ1v) is 6.61.